The predicted octanol–water partition coefficient (Wildman–Crippen LogP) is 1.93. The van der Waals surface area contributed by atoms with Gasteiger partial charge in [-0.05, 0) is 44.6 Å². The molecule has 1 aliphatic rings. The molecule has 0 aliphatic heterocycles. The van der Waals surface area contributed by atoms with E-state index < -0.39 is 0 Å². The average molecular weight is 226 g/mol. The fourth-order valence-corrected chi connectivity index (χ4v) is 1.81. The highest BCUT2D eigenvalue weighted by molar-refractivity contribution is 5.81. The molecule has 1 fully saturated rings. The van der Waals surface area contributed by atoms with E-state index in [0.29, 0.717) is 5.41 Å². The summed E-state index contributed by atoms with van der Waals surface area (Å²) in [4.78, 5) is 11.7. The second-order valence-corrected chi connectivity index (χ2v) is 5.84. The number of nitrogens with one attached hydrogen (secondary N) is 2. The summed E-state index contributed by atoms with van der Waals surface area (Å²) in [6.07, 6.45) is 2.26. The summed E-state index contributed by atoms with van der Waals surface area (Å²) in [6.45, 7) is 11.6. The quantitative estimate of drug-likeness (QED) is 0.726. The zero-order valence-electron chi connectivity index (χ0n) is 11.3. The van der Waals surface area contributed by atoms with Crippen LogP contribution in [-0.2, 0) is 4.79 Å². The minimum atomic E-state index is -0.0783. The summed E-state index contributed by atoms with van der Waals surface area (Å²) in [5.41, 5.74) is 0.486. The van der Waals surface area contributed by atoms with Crippen molar-refractivity contribution in [1.29, 1.82) is 0 Å². The van der Waals surface area contributed by atoms with Crippen molar-refractivity contribution in [3.63, 3.8) is 0 Å². The molecule has 0 heterocycles. The largest absolute Gasteiger partial charge is 0.352 e. The summed E-state index contributed by atoms with van der Waals surface area (Å²) < 4.78 is 0. The molecule has 94 valence electrons. The molecule has 1 rings (SSSR count). The molecule has 0 aromatic carbocycles. The summed E-state index contributed by atoms with van der Waals surface area (Å²) in [7, 11) is 0. The SMILES string of the molecule is CCC(C)NC(=O)C(C)NCC1CC1(C)C. The summed E-state index contributed by atoms with van der Waals surface area (Å²) in [5, 5.41) is 6.31. The average Bonchev–Trinajstić information content (AvgIpc) is 2.82. The second-order valence-electron chi connectivity index (χ2n) is 5.84. The van der Waals surface area contributed by atoms with Gasteiger partial charge in [0, 0.05) is 6.04 Å². The minimum Gasteiger partial charge on any atom is -0.352 e. The Balaban J connectivity index is 2.19. The van der Waals surface area contributed by atoms with Crippen LogP contribution in [-0.4, -0.2) is 24.5 Å². The van der Waals surface area contributed by atoms with Crippen LogP contribution in [0.3, 0.4) is 0 Å². The van der Waals surface area contributed by atoms with Gasteiger partial charge in [-0.15, -0.1) is 0 Å². The Labute approximate surface area is 99.4 Å². The molecule has 3 unspecified atom stereocenters. The third-order valence-electron chi connectivity index (χ3n) is 3.78. The van der Waals surface area contributed by atoms with Gasteiger partial charge in [-0.25, -0.2) is 0 Å². The highest BCUT2D eigenvalue weighted by atomic mass is 16.2. The Kier molecular flexibility index (Phi) is 4.36. The topological polar surface area (TPSA) is 41.1 Å². The molecule has 16 heavy (non-hydrogen) atoms. The van der Waals surface area contributed by atoms with E-state index in [1.807, 2.05) is 13.8 Å². The first-order valence-corrected chi connectivity index (χ1v) is 6.40. The molecule has 3 heteroatoms. The molecule has 0 aromatic rings. The molecule has 0 bridgehead atoms. The van der Waals surface area contributed by atoms with Gasteiger partial charge in [0.2, 0.25) is 5.91 Å². The molecule has 3 atom stereocenters. The van der Waals surface area contributed by atoms with Crippen LogP contribution in [0.2, 0.25) is 0 Å². The van der Waals surface area contributed by atoms with Crippen molar-refractivity contribution in [1.82, 2.24) is 10.6 Å². The Hall–Kier alpha value is -0.570. The highest BCUT2D eigenvalue weighted by Crippen LogP contribution is 2.50. The van der Waals surface area contributed by atoms with E-state index in [1.54, 1.807) is 0 Å². The molecule has 0 aromatic heterocycles. The predicted molar refractivity (Wildman–Crippen MR) is 67.2 cm³/mol. The van der Waals surface area contributed by atoms with Crippen LogP contribution in [0.15, 0.2) is 0 Å². The van der Waals surface area contributed by atoms with Crippen molar-refractivity contribution in [2.45, 2.75) is 59.5 Å². The first kappa shape index (κ1) is 13.5. The summed E-state index contributed by atoms with van der Waals surface area (Å²) in [5.74, 6) is 0.860. The van der Waals surface area contributed by atoms with Crippen molar-refractivity contribution >= 4 is 5.91 Å². The molecule has 1 amide bonds. The van der Waals surface area contributed by atoms with E-state index in [4.69, 9.17) is 0 Å². The van der Waals surface area contributed by atoms with Gasteiger partial charge in [-0.2, -0.15) is 0 Å². The van der Waals surface area contributed by atoms with Gasteiger partial charge in [-0.3, -0.25) is 4.79 Å². The van der Waals surface area contributed by atoms with E-state index in [0.717, 1.165) is 18.9 Å². The Morgan fingerprint density at radius 2 is 2.00 bits per heavy atom. The lowest BCUT2D eigenvalue weighted by molar-refractivity contribution is -0.123. The van der Waals surface area contributed by atoms with Gasteiger partial charge in [0.15, 0.2) is 0 Å². The van der Waals surface area contributed by atoms with Gasteiger partial charge in [0.25, 0.3) is 0 Å². The zero-order valence-corrected chi connectivity index (χ0v) is 11.3. The van der Waals surface area contributed by atoms with Crippen LogP contribution < -0.4 is 10.6 Å². The number of carbonyl (C=O) groups excluding carboxylic acids is 1. The molecular weight excluding hydrogens is 200 g/mol. The molecule has 3 nitrogen and oxygen atoms in total. The maximum atomic E-state index is 11.7. The Bertz CT molecular complexity index is 250. The maximum absolute atomic E-state index is 11.7. The van der Waals surface area contributed by atoms with Crippen LogP contribution in [0.25, 0.3) is 0 Å². The van der Waals surface area contributed by atoms with E-state index in [-0.39, 0.29) is 18.0 Å². The molecule has 0 saturated heterocycles. The summed E-state index contributed by atoms with van der Waals surface area (Å²) >= 11 is 0. The zero-order chi connectivity index (χ0) is 12.3. The third-order valence-corrected chi connectivity index (χ3v) is 3.78. The van der Waals surface area contributed by atoms with Crippen LogP contribution in [0.5, 0.6) is 0 Å². The summed E-state index contributed by atoms with van der Waals surface area (Å²) in [6, 6.07) is 0.194. The minimum absolute atomic E-state index is 0.0783. The fraction of sp³-hybridized carbons (Fsp3) is 0.923. The van der Waals surface area contributed by atoms with Crippen molar-refractivity contribution < 1.29 is 4.79 Å². The van der Waals surface area contributed by atoms with Gasteiger partial charge in [0.1, 0.15) is 0 Å². The van der Waals surface area contributed by atoms with Gasteiger partial charge >= 0.3 is 0 Å². The van der Waals surface area contributed by atoms with Gasteiger partial charge < -0.3 is 10.6 Å². The molecule has 0 spiro atoms. The molecule has 0 radical (unpaired) electrons. The third kappa shape index (κ3) is 3.78. The highest BCUT2D eigenvalue weighted by Gasteiger charge is 2.45. The fourth-order valence-electron chi connectivity index (χ4n) is 1.81. The lowest BCUT2D eigenvalue weighted by atomic mass is 10.1. The lowest BCUT2D eigenvalue weighted by Crippen LogP contribution is -2.46. The van der Waals surface area contributed by atoms with E-state index in [2.05, 4.69) is 31.4 Å². The van der Waals surface area contributed by atoms with Crippen molar-refractivity contribution in [2.75, 3.05) is 6.54 Å². The molecule has 1 saturated carbocycles. The Morgan fingerprint density at radius 1 is 1.44 bits per heavy atom. The maximum Gasteiger partial charge on any atom is 0.237 e. The first-order chi connectivity index (χ1) is 7.36. The normalized spacial score (nSPS) is 25.9. The van der Waals surface area contributed by atoms with Gasteiger partial charge in [0.05, 0.1) is 6.04 Å². The molecule has 1 aliphatic carbocycles. The van der Waals surface area contributed by atoms with Crippen LogP contribution in [0, 0.1) is 11.3 Å². The lowest BCUT2D eigenvalue weighted by Gasteiger charge is -2.17. The van der Waals surface area contributed by atoms with Crippen LogP contribution >= 0.6 is 0 Å². The standard InChI is InChI=1S/C13H26N2O/c1-6-9(2)15-12(16)10(3)14-8-11-7-13(11,4)5/h9-11,14H,6-8H2,1-5H3,(H,15,16). The van der Waals surface area contributed by atoms with Crippen LogP contribution in [0.4, 0.5) is 0 Å². The van der Waals surface area contributed by atoms with Crippen LogP contribution in [0.1, 0.15) is 47.5 Å². The monoisotopic (exact) mass is 226 g/mol. The number of rotatable bonds is 6. The second kappa shape index (κ2) is 5.17. The van der Waals surface area contributed by atoms with Gasteiger partial charge in [-0.1, -0.05) is 20.8 Å². The smallest absolute Gasteiger partial charge is 0.237 e. The van der Waals surface area contributed by atoms with E-state index in [9.17, 15) is 4.79 Å². The number of hydrogen-bond acceptors (Lipinski definition) is 2. The van der Waals surface area contributed by atoms with E-state index >= 15 is 0 Å². The Morgan fingerprint density at radius 3 is 2.44 bits per heavy atom. The molecule has 2 N–H and O–H groups in total. The first-order valence-electron chi connectivity index (χ1n) is 6.40. The number of carbonyl (C=O) groups is 1. The van der Waals surface area contributed by atoms with E-state index in [1.165, 1.54) is 6.42 Å². The van der Waals surface area contributed by atoms with Crippen molar-refractivity contribution in [2.24, 2.45) is 11.3 Å². The number of hydrogen-bond donors (Lipinski definition) is 2. The molecular formula is C13H26N2O. The van der Waals surface area contributed by atoms with Crippen molar-refractivity contribution in [3.8, 4) is 0 Å². The van der Waals surface area contributed by atoms with Crippen molar-refractivity contribution in [3.05, 3.63) is 0 Å². The number of amides is 1.